The quantitative estimate of drug-likeness (QED) is 0.486. The number of alkyl halides is 3. The Kier molecular flexibility index (Phi) is 6.46. The first kappa shape index (κ1) is 24.0. The first-order valence-corrected chi connectivity index (χ1v) is 13.2. The minimum absolute atomic E-state index is 0.123. The van der Waals surface area contributed by atoms with E-state index in [1.165, 1.54) is 27.6 Å². The van der Waals surface area contributed by atoms with E-state index in [0.717, 1.165) is 25.6 Å². The van der Waals surface area contributed by atoms with E-state index in [1.54, 1.807) is 36.4 Å². The Bertz CT molecular complexity index is 1300. The van der Waals surface area contributed by atoms with Gasteiger partial charge in [0.05, 0.1) is 10.5 Å². The maximum Gasteiger partial charge on any atom is 0.416 e. The average molecular weight is 501 g/mol. The Balaban J connectivity index is 1.44. The van der Waals surface area contributed by atoms with Crippen molar-refractivity contribution in [2.45, 2.75) is 30.0 Å². The van der Waals surface area contributed by atoms with E-state index in [0.29, 0.717) is 12.1 Å². The summed E-state index contributed by atoms with van der Waals surface area (Å²) >= 11 is 0. The molecular weight excluding hydrogens is 473 g/mol. The third-order valence-corrected chi connectivity index (χ3v) is 8.98. The van der Waals surface area contributed by atoms with Crippen LogP contribution in [0, 0.1) is 5.92 Å². The molecule has 0 spiro atoms. The van der Waals surface area contributed by atoms with Crippen molar-refractivity contribution in [2.24, 2.45) is 5.92 Å². The van der Waals surface area contributed by atoms with Crippen LogP contribution in [0.25, 0.3) is 0 Å². The lowest BCUT2D eigenvalue weighted by molar-refractivity contribution is -0.137. The molecule has 0 bridgehead atoms. The van der Waals surface area contributed by atoms with Gasteiger partial charge in [0.25, 0.3) is 0 Å². The molecule has 1 saturated heterocycles. The second kappa shape index (κ2) is 9.41. The molecule has 35 heavy (non-hydrogen) atoms. The van der Waals surface area contributed by atoms with Crippen molar-refractivity contribution in [3.8, 4) is 0 Å². The lowest BCUT2D eigenvalue weighted by atomic mass is 9.87. The van der Waals surface area contributed by atoms with Gasteiger partial charge in [-0.2, -0.15) is 17.5 Å². The average Bonchev–Trinajstić information content (AvgIpc) is 3.29. The van der Waals surface area contributed by atoms with E-state index >= 15 is 0 Å². The molecule has 3 aromatic carbocycles. The highest BCUT2D eigenvalue weighted by molar-refractivity contribution is 7.89. The minimum Gasteiger partial charge on any atom is -0.298 e. The zero-order chi connectivity index (χ0) is 24.6. The van der Waals surface area contributed by atoms with Crippen molar-refractivity contribution in [3.05, 3.63) is 101 Å². The van der Waals surface area contributed by atoms with Crippen LogP contribution in [0.4, 0.5) is 13.2 Å². The van der Waals surface area contributed by atoms with Crippen LogP contribution >= 0.6 is 0 Å². The third kappa shape index (κ3) is 5.01. The highest BCUT2D eigenvalue weighted by Gasteiger charge is 2.41. The maximum atomic E-state index is 13.4. The summed E-state index contributed by atoms with van der Waals surface area (Å²) in [5.74, 6) is -0.449. The topological polar surface area (TPSA) is 40.6 Å². The summed E-state index contributed by atoms with van der Waals surface area (Å²) < 4.78 is 68.5. The molecular formula is C27H27F3N2O2S. The Morgan fingerprint density at radius 2 is 1.57 bits per heavy atom. The van der Waals surface area contributed by atoms with Gasteiger partial charge in [0, 0.05) is 38.6 Å². The van der Waals surface area contributed by atoms with Gasteiger partial charge in [-0.05, 0) is 47.2 Å². The first-order chi connectivity index (χ1) is 16.7. The minimum atomic E-state index is -4.45. The molecule has 2 atom stereocenters. The Hall–Kier alpha value is -2.68. The van der Waals surface area contributed by atoms with Crippen molar-refractivity contribution in [1.29, 1.82) is 0 Å². The fraction of sp³-hybridized carbons (Fsp3) is 0.333. The molecule has 0 aromatic heterocycles. The molecule has 1 fully saturated rings. The first-order valence-electron chi connectivity index (χ1n) is 11.7. The van der Waals surface area contributed by atoms with Crippen LogP contribution in [0.5, 0.6) is 0 Å². The Morgan fingerprint density at radius 1 is 0.857 bits per heavy atom. The van der Waals surface area contributed by atoms with Crippen LogP contribution in [0.3, 0.4) is 0 Å². The normalized spacial score (nSPS) is 21.7. The van der Waals surface area contributed by atoms with E-state index in [2.05, 4.69) is 17.0 Å². The number of halogens is 3. The zero-order valence-electron chi connectivity index (χ0n) is 19.2. The van der Waals surface area contributed by atoms with Crippen LogP contribution in [-0.4, -0.2) is 43.8 Å². The van der Waals surface area contributed by atoms with Gasteiger partial charge in [0.1, 0.15) is 0 Å². The molecule has 2 unspecified atom stereocenters. The van der Waals surface area contributed by atoms with Crippen LogP contribution in [0.2, 0.25) is 0 Å². The molecule has 2 aliphatic rings. The summed E-state index contributed by atoms with van der Waals surface area (Å²) in [6.45, 7) is 2.65. The Morgan fingerprint density at radius 3 is 2.31 bits per heavy atom. The van der Waals surface area contributed by atoms with Crippen LogP contribution < -0.4 is 0 Å². The summed E-state index contributed by atoms with van der Waals surface area (Å²) in [4.78, 5) is 2.50. The number of sulfonamides is 1. The van der Waals surface area contributed by atoms with Crippen molar-refractivity contribution in [2.75, 3.05) is 26.2 Å². The van der Waals surface area contributed by atoms with E-state index in [4.69, 9.17) is 0 Å². The number of rotatable bonds is 5. The summed E-state index contributed by atoms with van der Waals surface area (Å²) in [5, 5.41) is 0. The van der Waals surface area contributed by atoms with Gasteiger partial charge in [0.2, 0.25) is 10.0 Å². The van der Waals surface area contributed by atoms with Gasteiger partial charge >= 0.3 is 6.18 Å². The second-order valence-electron chi connectivity index (χ2n) is 9.38. The van der Waals surface area contributed by atoms with Gasteiger partial charge in [-0.25, -0.2) is 8.42 Å². The van der Waals surface area contributed by atoms with Crippen LogP contribution in [0.1, 0.15) is 28.2 Å². The van der Waals surface area contributed by atoms with Gasteiger partial charge in [0.15, 0.2) is 0 Å². The highest BCUT2D eigenvalue weighted by Crippen LogP contribution is 2.39. The van der Waals surface area contributed by atoms with Gasteiger partial charge in [-0.15, -0.1) is 0 Å². The lowest BCUT2D eigenvalue weighted by Gasteiger charge is -2.32. The van der Waals surface area contributed by atoms with Crippen molar-refractivity contribution in [3.63, 3.8) is 0 Å². The monoisotopic (exact) mass is 500 g/mol. The summed E-state index contributed by atoms with van der Waals surface area (Å²) in [7, 11) is -3.75. The maximum absolute atomic E-state index is 13.4. The van der Waals surface area contributed by atoms with Crippen LogP contribution in [-0.2, 0) is 29.2 Å². The molecule has 8 heteroatoms. The van der Waals surface area contributed by atoms with Crippen molar-refractivity contribution in [1.82, 2.24) is 9.21 Å². The number of fused-ring (bicyclic) bond motifs is 1. The zero-order valence-corrected chi connectivity index (χ0v) is 20.0. The molecule has 5 rings (SSSR count). The summed E-state index contributed by atoms with van der Waals surface area (Å²) in [5.41, 5.74) is 2.40. The molecule has 184 valence electrons. The number of hydrogen-bond acceptors (Lipinski definition) is 3. The SMILES string of the molecule is O=S(=O)(c1ccccc1)N1CC(CN2CCc3ccccc3C2)C(c2cccc(C(F)(F)F)c2)C1. The van der Waals surface area contributed by atoms with Crippen molar-refractivity contribution >= 4 is 10.0 Å². The van der Waals surface area contributed by atoms with Crippen molar-refractivity contribution < 1.29 is 21.6 Å². The second-order valence-corrected chi connectivity index (χ2v) is 11.3. The highest BCUT2D eigenvalue weighted by atomic mass is 32.2. The molecule has 0 aliphatic carbocycles. The largest absolute Gasteiger partial charge is 0.416 e. The molecule has 0 amide bonds. The van der Waals surface area contributed by atoms with Gasteiger partial charge in [-0.1, -0.05) is 60.7 Å². The predicted molar refractivity (Wildman–Crippen MR) is 128 cm³/mol. The van der Waals surface area contributed by atoms with E-state index in [1.807, 2.05) is 12.1 Å². The lowest BCUT2D eigenvalue weighted by Crippen LogP contribution is -2.37. The Labute approximate surface area is 204 Å². The number of benzene rings is 3. The fourth-order valence-electron chi connectivity index (χ4n) is 5.32. The summed E-state index contributed by atoms with van der Waals surface area (Å²) in [6.07, 6.45) is -3.54. The van der Waals surface area contributed by atoms with E-state index in [9.17, 15) is 21.6 Å². The molecule has 2 heterocycles. The number of nitrogens with zero attached hydrogens (tertiary/aromatic N) is 2. The smallest absolute Gasteiger partial charge is 0.298 e. The number of hydrogen-bond donors (Lipinski definition) is 0. The van der Waals surface area contributed by atoms with Gasteiger partial charge in [-0.3, -0.25) is 4.90 Å². The fourth-order valence-corrected chi connectivity index (χ4v) is 6.86. The standard InChI is InChI=1S/C27H27F3N2O2S/c28-27(29,30)24-10-6-9-21(15-24)26-19-32(35(33,34)25-11-2-1-3-12-25)18-23(26)17-31-14-13-20-7-4-5-8-22(20)16-31/h1-12,15,23,26H,13-14,16-19H2. The molecule has 2 aliphatic heterocycles. The molecule has 0 saturated carbocycles. The molecule has 4 nitrogen and oxygen atoms in total. The van der Waals surface area contributed by atoms with E-state index < -0.39 is 21.8 Å². The molecule has 0 radical (unpaired) electrons. The summed E-state index contributed by atoms with van der Waals surface area (Å²) in [6, 6.07) is 21.9. The molecule has 3 aromatic rings. The predicted octanol–water partition coefficient (Wildman–Crippen LogP) is 5.17. The van der Waals surface area contributed by atoms with Gasteiger partial charge < -0.3 is 0 Å². The third-order valence-electron chi connectivity index (χ3n) is 7.13. The molecule has 0 N–H and O–H groups in total. The van der Waals surface area contributed by atoms with E-state index in [-0.39, 0.29) is 29.8 Å². The van der Waals surface area contributed by atoms with Crippen LogP contribution in [0.15, 0.2) is 83.8 Å².